The van der Waals surface area contributed by atoms with Gasteiger partial charge in [0.25, 0.3) is 5.91 Å². The lowest BCUT2D eigenvalue weighted by Gasteiger charge is -2.18. The van der Waals surface area contributed by atoms with Crippen LogP contribution in [0, 0.1) is 12.8 Å². The number of nitrogens with zero attached hydrogens (tertiary/aromatic N) is 1. The Labute approximate surface area is 203 Å². The fourth-order valence-electron chi connectivity index (χ4n) is 4.04. The van der Waals surface area contributed by atoms with E-state index in [0.29, 0.717) is 35.2 Å². The van der Waals surface area contributed by atoms with Crippen molar-refractivity contribution in [2.24, 2.45) is 5.92 Å². The second kappa shape index (κ2) is 10.9. The van der Waals surface area contributed by atoms with E-state index >= 15 is 0 Å². The van der Waals surface area contributed by atoms with Crippen molar-refractivity contribution in [1.82, 2.24) is 5.32 Å². The minimum absolute atomic E-state index is 0.0708. The van der Waals surface area contributed by atoms with Crippen LogP contribution in [0.4, 0.5) is 11.4 Å². The normalized spacial score (nSPS) is 19.8. The molecule has 0 aromatic heterocycles. The third kappa shape index (κ3) is 6.07. The number of carbonyl (C=O) groups is 3. The fourth-order valence-corrected chi connectivity index (χ4v) is 4.22. The number of nitrogens with one attached hydrogen (secondary N) is 2. The first kappa shape index (κ1) is 24.0. The number of rotatable bonds is 8. The predicted molar refractivity (Wildman–Crippen MR) is 129 cm³/mol. The zero-order valence-corrected chi connectivity index (χ0v) is 19.8. The van der Waals surface area contributed by atoms with Crippen LogP contribution in [-0.2, 0) is 19.1 Å². The number of ether oxygens (including phenoxy) is 2. The summed E-state index contributed by atoms with van der Waals surface area (Å²) in [7, 11) is 0. The highest BCUT2D eigenvalue weighted by Gasteiger charge is 2.35. The summed E-state index contributed by atoms with van der Waals surface area (Å²) >= 11 is 6.08. The molecule has 0 spiro atoms. The monoisotopic (exact) mass is 485 g/mol. The van der Waals surface area contributed by atoms with Gasteiger partial charge < -0.3 is 25.0 Å². The van der Waals surface area contributed by atoms with Crippen LogP contribution in [0.3, 0.4) is 0 Å². The van der Waals surface area contributed by atoms with E-state index < -0.39 is 0 Å². The van der Waals surface area contributed by atoms with Gasteiger partial charge in [0.2, 0.25) is 11.8 Å². The van der Waals surface area contributed by atoms with E-state index in [9.17, 15) is 14.4 Å². The van der Waals surface area contributed by atoms with Gasteiger partial charge >= 0.3 is 0 Å². The molecule has 2 aromatic rings. The largest absolute Gasteiger partial charge is 0.484 e. The molecule has 2 aliphatic rings. The van der Waals surface area contributed by atoms with Crippen LogP contribution in [0.25, 0.3) is 0 Å². The van der Waals surface area contributed by atoms with Crippen molar-refractivity contribution in [2.75, 3.05) is 36.5 Å². The molecule has 2 fully saturated rings. The molecule has 2 aromatic carbocycles. The Kier molecular flexibility index (Phi) is 7.70. The number of anilines is 2. The molecule has 4 rings (SSSR count). The third-order valence-corrected chi connectivity index (χ3v) is 6.40. The Morgan fingerprint density at radius 2 is 2.00 bits per heavy atom. The lowest BCUT2D eigenvalue weighted by atomic mass is 10.1. The highest BCUT2D eigenvalue weighted by molar-refractivity contribution is 6.31. The van der Waals surface area contributed by atoms with Crippen molar-refractivity contribution in [3.05, 3.63) is 53.1 Å². The highest BCUT2D eigenvalue weighted by atomic mass is 35.5. The molecule has 34 heavy (non-hydrogen) atoms. The first-order valence-electron chi connectivity index (χ1n) is 11.4. The van der Waals surface area contributed by atoms with Crippen molar-refractivity contribution in [2.45, 2.75) is 32.3 Å². The number of halogens is 1. The van der Waals surface area contributed by atoms with E-state index in [0.717, 1.165) is 25.0 Å². The van der Waals surface area contributed by atoms with Crippen LogP contribution in [0.1, 0.15) is 24.8 Å². The van der Waals surface area contributed by atoms with Crippen molar-refractivity contribution >= 4 is 40.7 Å². The molecule has 2 atom stereocenters. The molecule has 180 valence electrons. The molecule has 8 nitrogen and oxygen atoms in total. The fraction of sp³-hybridized carbons (Fsp3) is 0.400. The van der Waals surface area contributed by atoms with E-state index in [2.05, 4.69) is 10.6 Å². The smallest absolute Gasteiger partial charge is 0.262 e. The lowest BCUT2D eigenvalue weighted by Crippen LogP contribution is -2.37. The second-order valence-corrected chi connectivity index (χ2v) is 8.99. The van der Waals surface area contributed by atoms with Crippen LogP contribution < -0.4 is 20.3 Å². The molecular formula is C25H28ClN3O5. The SMILES string of the molecule is Cc1ccc(NC(=O)COc2ccc(N3C[C@@H](C(=O)NC[C@@H]4CCCO4)CC3=O)cc2)cc1Cl. The van der Waals surface area contributed by atoms with Crippen LogP contribution >= 0.6 is 11.6 Å². The van der Waals surface area contributed by atoms with Crippen molar-refractivity contribution < 1.29 is 23.9 Å². The summed E-state index contributed by atoms with van der Waals surface area (Å²) in [6, 6.07) is 12.2. The highest BCUT2D eigenvalue weighted by Crippen LogP contribution is 2.27. The lowest BCUT2D eigenvalue weighted by molar-refractivity contribution is -0.126. The Balaban J connectivity index is 1.25. The Bertz CT molecular complexity index is 1050. The topological polar surface area (TPSA) is 97.0 Å². The molecular weight excluding hydrogens is 458 g/mol. The summed E-state index contributed by atoms with van der Waals surface area (Å²) in [6.45, 7) is 3.28. The van der Waals surface area contributed by atoms with Gasteiger partial charge in [-0.25, -0.2) is 0 Å². The summed E-state index contributed by atoms with van der Waals surface area (Å²) in [5.41, 5.74) is 2.21. The van der Waals surface area contributed by atoms with Crippen LogP contribution in [-0.4, -0.2) is 50.1 Å². The van der Waals surface area contributed by atoms with Crippen LogP contribution in [0.15, 0.2) is 42.5 Å². The minimum Gasteiger partial charge on any atom is -0.484 e. The molecule has 2 heterocycles. The number of carbonyl (C=O) groups excluding carboxylic acids is 3. The molecule has 3 amide bonds. The number of hydrogen-bond donors (Lipinski definition) is 2. The Morgan fingerprint density at radius 3 is 2.71 bits per heavy atom. The van der Waals surface area contributed by atoms with Crippen LogP contribution in [0.2, 0.25) is 5.02 Å². The Morgan fingerprint density at radius 1 is 1.21 bits per heavy atom. The Hall–Kier alpha value is -3.10. The number of benzene rings is 2. The maximum Gasteiger partial charge on any atom is 0.262 e. The van der Waals surface area contributed by atoms with E-state index in [1.54, 1.807) is 41.3 Å². The number of amides is 3. The molecule has 2 saturated heterocycles. The summed E-state index contributed by atoms with van der Waals surface area (Å²) in [4.78, 5) is 38.7. The predicted octanol–water partition coefficient (Wildman–Crippen LogP) is 3.31. The van der Waals surface area contributed by atoms with Gasteiger partial charge in [0.05, 0.1) is 12.0 Å². The van der Waals surface area contributed by atoms with Gasteiger partial charge in [0.15, 0.2) is 6.61 Å². The average molecular weight is 486 g/mol. The zero-order chi connectivity index (χ0) is 24.1. The average Bonchev–Trinajstić information content (AvgIpc) is 3.49. The zero-order valence-electron chi connectivity index (χ0n) is 19.0. The van der Waals surface area contributed by atoms with Crippen molar-refractivity contribution in [1.29, 1.82) is 0 Å². The van der Waals surface area contributed by atoms with E-state index in [-0.39, 0.29) is 42.8 Å². The molecule has 0 saturated carbocycles. The maximum absolute atomic E-state index is 12.5. The van der Waals surface area contributed by atoms with Gasteiger partial charge in [-0.3, -0.25) is 14.4 Å². The molecule has 0 aliphatic carbocycles. The minimum atomic E-state index is -0.385. The molecule has 0 bridgehead atoms. The van der Waals surface area contributed by atoms with Gasteiger partial charge in [-0.2, -0.15) is 0 Å². The van der Waals surface area contributed by atoms with Crippen LogP contribution in [0.5, 0.6) is 5.75 Å². The van der Waals surface area contributed by atoms with Gasteiger partial charge in [0.1, 0.15) is 5.75 Å². The van der Waals surface area contributed by atoms with Crippen molar-refractivity contribution in [3.8, 4) is 5.75 Å². The molecule has 2 aliphatic heterocycles. The quantitative estimate of drug-likeness (QED) is 0.598. The van der Waals surface area contributed by atoms with Gasteiger partial charge in [-0.05, 0) is 61.7 Å². The molecule has 0 unspecified atom stereocenters. The number of aryl methyl sites for hydroxylation is 1. The summed E-state index contributed by atoms with van der Waals surface area (Å²) in [5, 5.41) is 6.23. The van der Waals surface area contributed by atoms with Gasteiger partial charge in [-0.15, -0.1) is 0 Å². The summed E-state index contributed by atoms with van der Waals surface area (Å²) < 4.78 is 11.1. The summed E-state index contributed by atoms with van der Waals surface area (Å²) in [5.74, 6) is -0.410. The standard InChI is InChI=1S/C25H28ClN3O5/c1-16-4-5-18(12-22(16)26)28-23(30)15-34-20-8-6-19(7-9-20)29-14-17(11-24(29)31)25(32)27-13-21-3-2-10-33-21/h4-9,12,17,21H,2-3,10-11,13-15H2,1H3,(H,27,32)(H,28,30)/t17-,21-/m0/s1. The second-order valence-electron chi connectivity index (χ2n) is 8.58. The van der Waals surface area contributed by atoms with E-state index in [4.69, 9.17) is 21.1 Å². The maximum atomic E-state index is 12.5. The van der Waals surface area contributed by atoms with Crippen molar-refractivity contribution in [3.63, 3.8) is 0 Å². The molecule has 9 heteroatoms. The summed E-state index contributed by atoms with van der Waals surface area (Å²) in [6.07, 6.45) is 2.22. The van der Waals surface area contributed by atoms with E-state index in [1.165, 1.54) is 0 Å². The first-order valence-corrected chi connectivity index (χ1v) is 11.8. The molecule has 0 radical (unpaired) electrons. The first-order chi connectivity index (χ1) is 16.4. The van der Waals surface area contributed by atoms with Gasteiger partial charge in [-0.1, -0.05) is 17.7 Å². The van der Waals surface area contributed by atoms with E-state index in [1.807, 2.05) is 13.0 Å². The number of hydrogen-bond acceptors (Lipinski definition) is 5. The third-order valence-electron chi connectivity index (χ3n) is 6.00. The van der Waals surface area contributed by atoms with Gasteiger partial charge in [0, 0.05) is 42.5 Å². The molecule has 2 N–H and O–H groups in total.